The Kier molecular flexibility index (Phi) is 8.07. The van der Waals surface area contributed by atoms with Crippen molar-refractivity contribution in [3.05, 3.63) is 46.4 Å². The molecule has 12 heteroatoms. The van der Waals surface area contributed by atoms with E-state index in [2.05, 4.69) is 21.4 Å². The Morgan fingerprint density at radius 1 is 1.20 bits per heavy atom. The molecule has 2 fully saturated rings. The summed E-state index contributed by atoms with van der Waals surface area (Å²) in [6.45, 7) is 1.32. The lowest BCUT2D eigenvalue weighted by Gasteiger charge is -2.35. The van der Waals surface area contributed by atoms with E-state index in [-0.39, 0.29) is 35.4 Å². The molecule has 1 aliphatic carbocycles. The highest BCUT2D eigenvalue weighted by Crippen LogP contribution is 2.32. The third kappa shape index (κ3) is 5.27. The zero-order valence-corrected chi connectivity index (χ0v) is 22.4. The molecule has 0 radical (unpaired) electrons. The number of carbonyl (C=O) groups is 2. The monoisotopic (exact) mass is 546 g/mol. The molecule has 3 atom stereocenters. The van der Waals surface area contributed by atoms with Crippen LogP contribution in [-0.2, 0) is 27.2 Å². The van der Waals surface area contributed by atoms with Crippen molar-refractivity contribution in [2.45, 2.75) is 57.0 Å². The van der Waals surface area contributed by atoms with Crippen LogP contribution in [0.1, 0.15) is 52.9 Å². The van der Waals surface area contributed by atoms with Crippen molar-refractivity contribution in [2.24, 2.45) is 0 Å². The average molecular weight is 547 g/mol. The first kappa shape index (κ1) is 27.3. The maximum absolute atomic E-state index is 13.4. The molecule has 5 rings (SSSR count). The number of methoxy groups -OCH3 is 2. The number of carbonyl (C=O) groups excluding carboxylic acids is 3. The second kappa shape index (κ2) is 11.8. The first-order chi connectivity index (χ1) is 19.5. The van der Waals surface area contributed by atoms with Crippen LogP contribution in [0.5, 0.6) is 5.75 Å². The Hall–Kier alpha value is -4.30. The third-order valence-corrected chi connectivity index (χ3v) is 7.64. The van der Waals surface area contributed by atoms with E-state index in [0.29, 0.717) is 68.0 Å². The molecule has 208 valence electrons. The van der Waals surface area contributed by atoms with E-state index in [4.69, 9.17) is 14.2 Å². The summed E-state index contributed by atoms with van der Waals surface area (Å²) in [6.07, 6.45) is 5.22. The number of nitriles is 1. The number of fused-ring (bicyclic) bond motifs is 1. The number of urea groups is 1. The number of nitrogens with zero attached hydrogens (tertiary/aromatic N) is 5. The van der Waals surface area contributed by atoms with Crippen LogP contribution in [0.25, 0.3) is 0 Å². The van der Waals surface area contributed by atoms with Gasteiger partial charge in [0.15, 0.2) is 6.29 Å². The topological polar surface area (TPSA) is 147 Å². The fourth-order valence-corrected chi connectivity index (χ4v) is 5.32. The van der Waals surface area contributed by atoms with Crippen LogP contribution in [0.3, 0.4) is 0 Å². The molecule has 0 bridgehead atoms. The highest BCUT2D eigenvalue weighted by molar-refractivity contribution is 6.01. The van der Waals surface area contributed by atoms with Crippen LogP contribution < -0.4 is 15.0 Å². The van der Waals surface area contributed by atoms with Crippen molar-refractivity contribution in [1.29, 1.82) is 5.26 Å². The number of likely N-dealkylation sites (tertiary alicyclic amines) is 1. The summed E-state index contributed by atoms with van der Waals surface area (Å²) in [5, 5.41) is 12.3. The molecule has 3 aliphatic rings. The van der Waals surface area contributed by atoms with Crippen molar-refractivity contribution in [3.63, 3.8) is 0 Å². The van der Waals surface area contributed by atoms with Gasteiger partial charge < -0.3 is 19.1 Å². The Balaban J connectivity index is 1.35. The van der Waals surface area contributed by atoms with Gasteiger partial charge in [0.25, 0.3) is 0 Å². The molecule has 1 N–H and O–H groups in total. The Morgan fingerprint density at radius 3 is 2.70 bits per heavy atom. The highest BCUT2D eigenvalue weighted by Gasteiger charge is 2.34. The fraction of sp³-hybridized carbons (Fsp3) is 0.464. The molecule has 0 spiro atoms. The van der Waals surface area contributed by atoms with Crippen LogP contribution in [0, 0.1) is 11.3 Å². The number of hydrogen-bond donors (Lipinski definition) is 1. The van der Waals surface area contributed by atoms with Gasteiger partial charge in [-0.1, -0.05) is 0 Å². The van der Waals surface area contributed by atoms with Crippen molar-refractivity contribution < 1.29 is 28.6 Å². The van der Waals surface area contributed by atoms with Gasteiger partial charge in [0.1, 0.15) is 58.6 Å². The number of nitrogens with one attached hydrogen (secondary N) is 1. The van der Waals surface area contributed by atoms with E-state index in [1.54, 1.807) is 14.2 Å². The average Bonchev–Trinajstić information content (AvgIpc) is 3.36. The number of aryl methyl sites for hydroxylation is 1. The van der Waals surface area contributed by atoms with Gasteiger partial charge in [-0.05, 0) is 43.7 Å². The summed E-state index contributed by atoms with van der Waals surface area (Å²) >= 11 is 0. The predicted octanol–water partition coefficient (Wildman–Crippen LogP) is 2.64. The van der Waals surface area contributed by atoms with Gasteiger partial charge in [0, 0.05) is 45.5 Å². The number of anilines is 2. The van der Waals surface area contributed by atoms with E-state index in [1.165, 1.54) is 17.2 Å². The Bertz CT molecular complexity index is 1400. The summed E-state index contributed by atoms with van der Waals surface area (Å²) in [5.74, 6) is 2.92. The quantitative estimate of drug-likeness (QED) is 0.387. The molecule has 0 aromatic carbocycles. The SMILES string of the molecule is CO[C@@H]1CCN(Cc2cc3c(nc2C=O)N(C(=O)Nc2cc(O[C@@H]4CC[C@H]4OC)c(C#N)cn2)CCC3)C1=C=O. The van der Waals surface area contributed by atoms with Gasteiger partial charge in [-0.2, -0.15) is 5.26 Å². The minimum atomic E-state index is -0.465. The molecule has 2 amide bonds. The molecular weight excluding hydrogens is 516 g/mol. The van der Waals surface area contributed by atoms with E-state index in [9.17, 15) is 19.6 Å². The van der Waals surface area contributed by atoms with E-state index in [0.717, 1.165) is 18.4 Å². The minimum Gasteiger partial charge on any atom is -0.486 e. The van der Waals surface area contributed by atoms with E-state index < -0.39 is 6.03 Å². The van der Waals surface area contributed by atoms with Gasteiger partial charge in [0.05, 0.1) is 12.3 Å². The third-order valence-electron chi connectivity index (χ3n) is 7.64. The smallest absolute Gasteiger partial charge is 0.328 e. The lowest BCUT2D eigenvalue weighted by Crippen LogP contribution is -2.42. The summed E-state index contributed by atoms with van der Waals surface area (Å²) in [7, 11) is 3.17. The van der Waals surface area contributed by atoms with E-state index in [1.807, 2.05) is 16.9 Å². The molecule has 2 aliphatic heterocycles. The molecule has 0 unspecified atom stereocenters. The summed E-state index contributed by atoms with van der Waals surface area (Å²) in [5.41, 5.74) is 2.38. The second-order valence-electron chi connectivity index (χ2n) is 9.93. The number of ether oxygens (including phenoxy) is 3. The lowest BCUT2D eigenvalue weighted by atomic mass is 9.92. The van der Waals surface area contributed by atoms with Crippen LogP contribution in [0.2, 0.25) is 0 Å². The molecule has 1 saturated carbocycles. The molecule has 1 saturated heterocycles. The number of amides is 2. The molecule has 2 aromatic heterocycles. The predicted molar refractivity (Wildman–Crippen MR) is 143 cm³/mol. The van der Waals surface area contributed by atoms with Gasteiger partial charge >= 0.3 is 6.03 Å². The summed E-state index contributed by atoms with van der Waals surface area (Å²) in [6, 6.07) is 5.01. The number of hydrogen-bond acceptors (Lipinski definition) is 10. The van der Waals surface area contributed by atoms with E-state index >= 15 is 0 Å². The lowest BCUT2D eigenvalue weighted by molar-refractivity contribution is -0.0626. The van der Waals surface area contributed by atoms with Gasteiger partial charge in [0.2, 0.25) is 0 Å². The van der Waals surface area contributed by atoms with Gasteiger partial charge in [-0.25, -0.2) is 19.6 Å². The normalized spacial score (nSPS) is 21.6. The molecule has 2 aromatic rings. The van der Waals surface area contributed by atoms with Gasteiger partial charge in [-0.15, -0.1) is 0 Å². The maximum Gasteiger partial charge on any atom is 0.328 e. The summed E-state index contributed by atoms with van der Waals surface area (Å²) < 4.78 is 16.7. The van der Waals surface area contributed by atoms with Crippen LogP contribution >= 0.6 is 0 Å². The Morgan fingerprint density at radius 2 is 2.02 bits per heavy atom. The molecule has 12 nitrogen and oxygen atoms in total. The molecule has 40 heavy (non-hydrogen) atoms. The van der Waals surface area contributed by atoms with Gasteiger partial charge in [-0.3, -0.25) is 15.0 Å². The number of aromatic nitrogens is 2. The largest absolute Gasteiger partial charge is 0.486 e. The first-order valence-corrected chi connectivity index (χ1v) is 13.2. The zero-order valence-electron chi connectivity index (χ0n) is 22.4. The first-order valence-electron chi connectivity index (χ1n) is 13.2. The van der Waals surface area contributed by atoms with Crippen LogP contribution in [0.4, 0.5) is 16.4 Å². The maximum atomic E-state index is 13.4. The van der Waals surface area contributed by atoms with Crippen LogP contribution in [-0.4, -0.2) is 78.7 Å². The number of pyridine rings is 2. The Labute approximate surface area is 231 Å². The fourth-order valence-electron chi connectivity index (χ4n) is 5.32. The van der Waals surface area contributed by atoms with Crippen molar-refractivity contribution >= 4 is 29.9 Å². The molecular formula is C28H30N6O6. The van der Waals surface area contributed by atoms with Crippen molar-refractivity contribution in [1.82, 2.24) is 14.9 Å². The standard InChI is InChI=1S/C28H30N6O6/c1-38-22-7-9-33(21(22)16-36)14-18-10-17-4-3-8-34(27(17)31-20(18)15-35)28(37)32-26-11-25(19(12-29)13-30-26)40-24-6-5-23(24)39-2/h10-11,13,15,22-24H,3-9,14H2,1-2H3,(H,30,32,37)/t22-,23-,24-/m1/s1. The molecule has 4 heterocycles. The highest BCUT2D eigenvalue weighted by atomic mass is 16.5. The van der Waals surface area contributed by atoms with Crippen molar-refractivity contribution in [2.75, 3.05) is 37.5 Å². The number of aldehydes is 1. The summed E-state index contributed by atoms with van der Waals surface area (Å²) in [4.78, 5) is 49.0. The second-order valence-corrected chi connectivity index (χ2v) is 9.93. The zero-order chi connectivity index (χ0) is 28.2. The minimum absolute atomic E-state index is 0.0431. The van der Waals surface area contributed by atoms with Crippen LogP contribution in [0.15, 0.2) is 24.0 Å². The van der Waals surface area contributed by atoms with Crippen molar-refractivity contribution in [3.8, 4) is 11.8 Å². The number of rotatable bonds is 8.